The van der Waals surface area contributed by atoms with Crippen LogP contribution in [0.4, 0.5) is 5.82 Å². The lowest BCUT2D eigenvalue weighted by molar-refractivity contribution is -0.126. The SMILES string of the molecule is O=C(CCCc1cc(C(=O)NO)no1)NC(C(=O)Nc1n[nH]c2ccccc12)c1ccc(Cl)cc1. The van der Waals surface area contributed by atoms with Crippen LogP contribution in [0.3, 0.4) is 0 Å². The third-order valence-corrected chi connectivity index (χ3v) is 5.45. The van der Waals surface area contributed by atoms with Crippen molar-refractivity contribution in [3.8, 4) is 0 Å². The number of carbonyl (C=O) groups excluding carboxylic acids is 3. The lowest BCUT2D eigenvalue weighted by Crippen LogP contribution is -2.37. The van der Waals surface area contributed by atoms with Gasteiger partial charge in [-0.1, -0.05) is 41.0 Å². The molecule has 3 amide bonds. The first-order valence-corrected chi connectivity index (χ1v) is 11.0. The van der Waals surface area contributed by atoms with Crippen LogP contribution >= 0.6 is 11.6 Å². The summed E-state index contributed by atoms with van der Waals surface area (Å²) >= 11 is 5.98. The van der Waals surface area contributed by atoms with E-state index in [9.17, 15) is 14.4 Å². The molecule has 5 N–H and O–H groups in total. The molecule has 0 aliphatic carbocycles. The number of fused-ring (bicyclic) bond motifs is 1. The highest BCUT2D eigenvalue weighted by Crippen LogP contribution is 2.23. The quantitative estimate of drug-likeness (QED) is 0.175. The van der Waals surface area contributed by atoms with Crippen LogP contribution in [0.5, 0.6) is 0 Å². The molecule has 0 radical (unpaired) electrons. The fraction of sp³-hybridized carbons (Fsp3) is 0.174. The minimum absolute atomic E-state index is 0.0719. The zero-order valence-corrected chi connectivity index (χ0v) is 19.0. The maximum absolute atomic E-state index is 13.2. The van der Waals surface area contributed by atoms with Gasteiger partial charge in [-0.05, 0) is 36.2 Å². The number of nitrogens with one attached hydrogen (secondary N) is 4. The Hall–Kier alpha value is -4.22. The number of aromatic nitrogens is 3. The molecule has 2 aromatic carbocycles. The Morgan fingerprint density at radius 1 is 1.11 bits per heavy atom. The summed E-state index contributed by atoms with van der Waals surface area (Å²) in [5.41, 5.74) is 2.71. The molecule has 180 valence electrons. The average molecular weight is 497 g/mol. The van der Waals surface area contributed by atoms with Crippen molar-refractivity contribution in [2.75, 3.05) is 5.32 Å². The summed E-state index contributed by atoms with van der Waals surface area (Å²) in [4.78, 5) is 37.2. The van der Waals surface area contributed by atoms with Gasteiger partial charge in [-0.15, -0.1) is 0 Å². The molecule has 0 aliphatic rings. The van der Waals surface area contributed by atoms with Crippen LogP contribution in [0.25, 0.3) is 10.9 Å². The lowest BCUT2D eigenvalue weighted by Gasteiger charge is -2.18. The normalized spacial score (nSPS) is 11.7. The van der Waals surface area contributed by atoms with Gasteiger partial charge in [-0.3, -0.25) is 24.7 Å². The van der Waals surface area contributed by atoms with E-state index in [4.69, 9.17) is 21.3 Å². The van der Waals surface area contributed by atoms with E-state index < -0.39 is 17.9 Å². The third kappa shape index (κ3) is 5.83. The number of rotatable bonds is 9. The number of hydrogen-bond acceptors (Lipinski definition) is 7. The van der Waals surface area contributed by atoms with Crippen LogP contribution in [-0.2, 0) is 16.0 Å². The van der Waals surface area contributed by atoms with E-state index in [1.165, 1.54) is 11.5 Å². The Bertz CT molecular complexity index is 1350. The van der Waals surface area contributed by atoms with Gasteiger partial charge < -0.3 is 15.2 Å². The zero-order valence-electron chi connectivity index (χ0n) is 18.2. The Morgan fingerprint density at radius 3 is 2.66 bits per heavy atom. The molecule has 0 saturated carbocycles. The van der Waals surface area contributed by atoms with E-state index in [-0.39, 0.29) is 18.0 Å². The summed E-state index contributed by atoms with van der Waals surface area (Å²) in [6.07, 6.45) is 0.793. The fourth-order valence-electron chi connectivity index (χ4n) is 3.45. The van der Waals surface area contributed by atoms with Gasteiger partial charge in [-0.25, -0.2) is 5.48 Å². The molecule has 12 heteroatoms. The van der Waals surface area contributed by atoms with E-state index in [0.717, 1.165) is 10.9 Å². The number of H-pyrrole nitrogens is 1. The van der Waals surface area contributed by atoms with Crippen molar-refractivity contribution in [2.24, 2.45) is 0 Å². The second-order valence-electron chi connectivity index (χ2n) is 7.63. The van der Waals surface area contributed by atoms with Gasteiger partial charge in [0, 0.05) is 29.3 Å². The number of para-hydroxylation sites is 1. The predicted octanol–water partition coefficient (Wildman–Crippen LogP) is 3.14. The van der Waals surface area contributed by atoms with Crippen LogP contribution in [0.15, 0.2) is 59.1 Å². The number of aromatic amines is 1. The molecule has 4 aromatic rings. The van der Waals surface area contributed by atoms with Gasteiger partial charge in [0.05, 0.1) is 5.52 Å². The molecular weight excluding hydrogens is 476 g/mol. The highest BCUT2D eigenvalue weighted by molar-refractivity contribution is 6.30. The maximum Gasteiger partial charge on any atom is 0.296 e. The van der Waals surface area contributed by atoms with Crippen molar-refractivity contribution in [1.82, 2.24) is 26.2 Å². The predicted molar refractivity (Wildman–Crippen MR) is 126 cm³/mol. The minimum atomic E-state index is -0.986. The molecule has 1 atom stereocenters. The molecule has 1 unspecified atom stereocenters. The first kappa shape index (κ1) is 23.9. The summed E-state index contributed by atoms with van der Waals surface area (Å²) in [5, 5.41) is 26.0. The number of nitrogens with zero attached hydrogens (tertiary/aromatic N) is 2. The van der Waals surface area contributed by atoms with E-state index in [2.05, 4.69) is 26.0 Å². The summed E-state index contributed by atoms with van der Waals surface area (Å²) in [6, 6.07) is 14.3. The molecule has 2 heterocycles. The van der Waals surface area contributed by atoms with E-state index in [1.807, 2.05) is 24.3 Å². The van der Waals surface area contributed by atoms with Gasteiger partial charge >= 0.3 is 0 Å². The van der Waals surface area contributed by atoms with Gasteiger partial charge in [0.1, 0.15) is 11.8 Å². The smallest absolute Gasteiger partial charge is 0.296 e. The van der Waals surface area contributed by atoms with Crippen molar-refractivity contribution in [1.29, 1.82) is 0 Å². The van der Waals surface area contributed by atoms with Crippen LogP contribution in [0.1, 0.15) is 40.7 Å². The maximum atomic E-state index is 13.2. The number of carbonyl (C=O) groups is 3. The highest BCUT2D eigenvalue weighted by Gasteiger charge is 2.24. The van der Waals surface area contributed by atoms with Crippen LogP contribution in [0.2, 0.25) is 5.02 Å². The molecule has 0 bridgehead atoms. The average Bonchev–Trinajstić information content (AvgIpc) is 3.50. The van der Waals surface area contributed by atoms with Crippen molar-refractivity contribution < 1.29 is 24.1 Å². The number of amides is 3. The largest absolute Gasteiger partial charge is 0.361 e. The highest BCUT2D eigenvalue weighted by atomic mass is 35.5. The first-order chi connectivity index (χ1) is 16.9. The molecule has 35 heavy (non-hydrogen) atoms. The topological polar surface area (TPSA) is 162 Å². The van der Waals surface area contributed by atoms with Crippen LogP contribution in [-0.4, -0.2) is 38.3 Å². The Balaban J connectivity index is 1.42. The molecule has 0 fully saturated rings. The van der Waals surface area contributed by atoms with E-state index >= 15 is 0 Å². The molecule has 11 nitrogen and oxygen atoms in total. The molecule has 2 aromatic heterocycles. The molecule has 0 spiro atoms. The Kier molecular flexibility index (Phi) is 7.38. The van der Waals surface area contributed by atoms with Crippen molar-refractivity contribution in [3.63, 3.8) is 0 Å². The summed E-state index contributed by atoms with van der Waals surface area (Å²) in [5.74, 6) is -0.882. The molecule has 0 aliphatic heterocycles. The second kappa shape index (κ2) is 10.8. The van der Waals surface area contributed by atoms with Gasteiger partial charge in [0.2, 0.25) is 5.91 Å². The Morgan fingerprint density at radius 2 is 1.89 bits per heavy atom. The fourth-order valence-corrected chi connectivity index (χ4v) is 3.58. The Labute approximate surface area is 203 Å². The second-order valence-corrected chi connectivity index (χ2v) is 8.07. The van der Waals surface area contributed by atoms with Gasteiger partial charge in [0.15, 0.2) is 11.5 Å². The van der Waals surface area contributed by atoms with Crippen LogP contribution < -0.4 is 16.1 Å². The zero-order chi connectivity index (χ0) is 24.8. The lowest BCUT2D eigenvalue weighted by atomic mass is 10.1. The number of hydroxylamine groups is 1. The van der Waals surface area contributed by atoms with Gasteiger partial charge in [0.25, 0.3) is 11.8 Å². The van der Waals surface area contributed by atoms with E-state index in [0.29, 0.717) is 35.0 Å². The van der Waals surface area contributed by atoms with Gasteiger partial charge in [-0.2, -0.15) is 5.10 Å². The summed E-state index contributed by atoms with van der Waals surface area (Å²) in [7, 11) is 0. The monoisotopic (exact) mass is 496 g/mol. The number of halogens is 1. The van der Waals surface area contributed by atoms with E-state index in [1.54, 1.807) is 24.3 Å². The van der Waals surface area contributed by atoms with Crippen molar-refractivity contribution >= 4 is 46.0 Å². The molecule has 4 rings (SSSR count). The number of benzene rings is 2. The number of hydrogen-bond donors (Lipinski definition) is 5. The van der Waals surface area contributed by atoms with Crippen molar-refractivity contribution in [2.45, 2.75) is 25.3 Å². The minimum Gasteiger partial charge on any atom is -0.361 e. The summed E-state index contributed by atoms with van der Waals surface area (Å²) in [6.45, 7) is 0. The molecule has 0 saturated heterocycles. The number of anilines is 1. The van der Waals surface area contributed by atoms with Crippen molar-refractivity contribution in [3.05, 3.63) is 76.6 Å². The molecular formula is C23H21ClN6O5. The number of aryl methyl sites for hydroxylation is 1. The summed E-state index contributed by atoms with van der Waals surface area (Å²) < 4.78 is 5.02. The first-order valence-electron chi connectivity index (χ1n) is 10.6. The van der Waals surface area contributed by atoms with Crippen LogP contribution in [0, 0.1) is 0 Å². The standard InChI is InChI=1S/C23H21ClN6O5/c24-14-10-8-13(9-11-14)20(23(33)26-21-16-5-1-2-6-17(16)27-28-21)25-19(31)7-3-4-15-12-18(30-35-15)22(32)29-34/h1-2,5-6,8-12,20,34H,3-4,7H2,(H,25,31)(H,29,32)(H2,26,27,28,33). The third-order valence-electron chi connectivity index (χ3n) is 5.20.